The van der Waals surface area contributed by atoms with Gasteiger partial charge in [-0.05, 0) is 63.5 Å². The van der Waals surface area contributed by atoms with Gasteiger partial charge in [0.25, 0.3) is 0 Å². The molecule has 0 saturated carbocycles. The highest BCUT2D eigenvalue weighted by Crippen LogP contribution is 2.16. The molecule has 0 aromatic heterocycles. The van der Waals surface area contributed by atoms with Crippen molar-refractivity contribution in [1.29, 1.82) is 0 Å². The molecular formula is C18H32N2. The summed E-state index contributed by atoms with van der Waals surface area (Å²) in [6.45, 7) is 8.98. The van der Waals surface area contributed by atoms with Crippen LogP contribution >= 0.6 is 0 Å². The Bertz CT molecular complexity index is 354. The third-order valence-electron chi connectivity index (χ3n) is 3.74. The average Bonchev–Trinajstić information content (AvgIpc) is 2.42. The zero-order valence-corrected chi connectivity index (χ0v) is 13.9. The first-order valence-electron chi connectivity index (χ1n) is 7.99. The summed E-state index contributed by atoms with van der Waals surface area (Å²) in [5.41, 5.74) is 2.88. The summed E-state index contributed by atoms with van der Waals surface area (Å²) in [6.07, 6.45) is 3.54. The molecule has 0 fully saturated rings. The Morgan fingerprint density at radius 3 is 2.25 bits per heavy atom. The van der Waals surface area contributed by atoms with E-state index in [1.165, 1.54) is 24.0 Å². The van der Waals surface area contributed by atoms with E-state index in [0.717, 1.165) is 19.5 Å². The van der Waals surface area contributed by atoms with Crippen LogP contribution in [0.5, 0.6) is 0 Å². The molecule has 0 aliphatic heterocycles. The molecule has 0 spiro atoms. The van der Waals surface area contributed by atoms with Crippen molar-refractivity contribution >= 4 is 0 Å². The van der Waals surface area contributed by atoms with Gasteiger partial charge in [-0.15, -0.1) is 0 Å². The molecule has 0 heterocycles. The van der Waals surface area contributed by atoms with Gasteiger partial charge in [-0.2, -0.15) is 0 Å². The minimum absolute atomic E-state index is 0.585. The van der Waals surface area contributed by atoms with Crippen molar-refractivity contribution in [2.24, 2.45) is 0 Å². The van der Waals surface area contributed by atoms with Gasteiger partial charge in [-0.25, -0.2) is 0 Å². The number of rotatable bonds is 9. The van der Waals surface area contributed by atoms with Crippen molar-refractivity contribution in [2.75, 3.05) is 27.2 Å². The van der Waals surface area contributed by atoms with Crippen LogP contribution in [0.3, 0.4) is 0 Å². The number of hydrogen-bond acceptors (Lipinski definition) is 2. The van der Waals surface area contributed by atoms with Gasteiger partial charge in [-0.3, -0.25) is 0 Å². The Balaban J connectivity index is 2.58. The molecule has 0 radical (unpaired) electrons. The van der Waals surface area contributed by atoms with Crippen LogP contribution in [-0.2, 0) is 6.42 Å². The molecule has 1 atom stereocenters. The number of hydrogen-bond donors (Lipinski definition) is 1. The molecule has 1 unspecified atom stereocenters. The lowest BCUT2D eigenvalue weighted by atomic mass is 9.98. The molecule has 2 heteroatoms. The molecule has 2 nitrogen and oxygen atoms in total. The monoisotopic (exact) mass is 276 g/mol. The van der Waals surface area contributed by atoms with Gasteiger partial charge in [0.1, 0.15) is 0 Å². The maximum Gasteiger partial charge on any atom is 0.0120 e. The first-order valence-corrected chi connectivity index (χ1v) is 7.99. The molecule has 0 amide bonds. The van der Waals surface area contributed by atoms with Crippen molar-refractivity contribution < 1.29 is 0 Å². The summed E-state index contributed by atoms with van der Waals surface area (Å²) in [7, 11) is 4.29. The smallest absolute Gasteiger partial charge is 0.0120 e. The second-order valence-electron chi connectivity index (χ2n) is 6.34. The van der Waals surface area contributed by atoms with E-state index in [4.69, 9.17) is 0 Å². The quantitative estimate of drug-likeness (QED) is 0.740. The zero-order valence-electron chi connectivity index (χ0n) is 13.9. The Morgan fingerprint density at radius 2 is 1.75 bits per heavy atom. The van der Waals surface area contributed by atoms with Gasteiger partial charge in [0, 0.05) is 6.04 Å². The molecular weight excluding hydrogens is 244 g/mol. The Hall–Kier alpha value is -0.860. The van der Waals surface area contributed by atoms with Crippen LogP contribution in [0.1, 0.15) is 50.7 Å². The fraction of sp³-hybridized carbons (Fsp3) is 0.667. The number of nitrogens with one attached hydrogen (secondary N) is 1. The SMILES string of the molecule is CCCNC(CCN(C)C)Cc1ccc(C(C)C)cc1. The topological polar surface area (TPSA) is 15.3 Å². The molecule has 1 aromatic carbocycles. The Kier molecular flexibility index (Phi) is 7.86. The minimum Gasteiger partial charge on any atom is -0.314 e. The largest absolute Gasteiger partial charge is 0.314 e. The fourth-order valence-corrected chi connectivity index (χ4v) is 2.36. The highest BCUT2D eigenvalue weighted by Gasteiger charge is 2.09. The van der Waals surface area contributed by atoms with Crippen LogP contribution in [-0.4, -0.2) is 38.1 Å². The van der Waals surface area contributed by atoms with Gasteiger partial charge in [0.15, 0.2) is 0 Å². The van der Waals surface area contributed by atoms with Gasteiger partial charge in [-0.1, -0.05) is 45.0 Å². The Labute approximate surface area is 125 Å². The summed E-state index contributed by atoms with van der Waals surface area (Å²) in [5.74, 6) is 0.617. The third kappa shape index (κ3) is 6.53. The van der Waals surface area contributed by atoms with Gasteiger partial charge in [0.05, 0.1) is 0 Å². The highest BCUT2D eigenvalue weighted by atomic mass is 15.1. The van der Waals surface area contributed by atoms with E-state index in [0.29, 0.717) is 12.0 Å². The van der Waals surface area contributed by atoms with Gasteiger partial charge in [0.2, 0.25) is 0 Å². The summed E-state index contributed by atoms with van der Waals surface area (Å²) in [5, 5.41) is 3.68. The molecule has 0 bridgehead atoms. The van der Waals surface area contributed by atoms with Crippen molar-refractivity contribution in [2.45, 2.75) is 52.0 Å². The van der Waals surface area contributed by atoms with Gasteiger partial charge >= 0.3 is 0 Å². The van der Waals surface area contributed by atoms with Crippen molar-refractivity contribution in [3.63, 3.8) is 0 Å². The lowest BCUT2D eigenvalue weighted by Gasteiger charge is -2.21. The van der Waals surface area contributed by atoms with Crippen LogP contribution in [0.4, 0.5) is 0 Å². The second-order valence-corrected chi connectivity index (χ2v) is 6.34. The van der Waals surface area contributed by atoms with E-state index in [-0.39, 0.29) is 0 Å². The van der Waals surface area contributed by atoms with Crippen molar-refractivity contribution in [1.82, 2.24) is 10.2 Å². The van der Waals surface area contributed by atoms with E-state index < -0.39 is 0 Å². The molecule has 1 aromatic rings. The summed E-state index contributed by atoms with van der Waals surface area (Å²) in [4.78, 5) is 2.27. The minimum atomic E-state index is 0.585. The van der Waals surface area contributed by atoms with Crippen LogP contribution < -0.4 is 5.32 Å². The number of nitrogens with zero attached hydrogens (tertiary/aromatic N) is 1. The third-order valence-corrected chi connectivity index (χ3v) is 3.74. The van der Waals surface area contributed by atoms with Gasteiger partial charge < -0.3 is 10.2 Å². The lowest BCUT2D eigenvalue weighted by molar-refractivity contribution is 0.356. The fourth-order valence-electron chi connectivity index (χ4n) is 2.36. The summed E-state index contributed by atoms with van der Waals surface area (Å²) >= 11 is 0. The van der Waals surface area contributed by atoms with Crippen LogP contribution in [0.15, 0.2) is 24.3 Å². The van der Waals surface area contributed by atoms with Crippen LogP contribution in [0, 0.1) is 0 Å². The van der Waals surface area contributed by atoms with E-state index in [2.05, 4.69) is 69.3 Å². The van der Waals surface area contributed by atoms with E-state index >= 15 is 0 Å². The van der Waals surface area contributed by atoms with Crippen LogP contribution in [0.25, 0.3) is 0 Å². The summed E-state index contributed by atoms with van der Waals surface area (Å²) in [6, 6.07) is 9.74. The molecule has 0 aliphatic rings. The second kappa shape index (κ2) is 9.15. The van der Waals surface area contributed by atoms with Crippen LogP contribution in [0.2, 0.25) is 0 Å². The van der Waals surface area contributed by atoms with E-state index in [1.54, 1.807) is 0 Å². The first-order chi connectivity index (χ1) is 9.52. The Morgan fingerprint density at radius 1 is 1.10 bits per heavy atom. The zero-order chi connectivity index (χ0) is 15.0. The molecule has 0 saturated heterocycles. The van der Waals surface area contributed by atoms with E-state index in [1.807, 2.05) is 0 Å². The molecule has 114 valence electrons. The predicted octanol–water partition coefficient (Wildman–Crippen LogP) is 3.67. The molecule has 1 rings (SSSR count). The average molecular weight is 276 g/mol. The maximum absolute atomic E-state index is 3.68. The molecule has 1 N–H and O–H groups in total. The lowest BCUT2D eigenvalue weighted by Crippen LogP contribution is -2.34. The standard InChI is InChI=1S/C18H32N2/c1-6-12-19-18(11-13-20(4)5)14-16-7-9-17(10-8-16)15(2)3/h7-10,15,18-19H,6,11-14H2,1-5H3. The number of benzene rings is 1. The van der Waals surface area contributed by atoms with E-state index in [9.17, 15) is 0 Å². The molecule has 0 aliphatic carbocycles. The predicted molar refractivity (Wildman–Crippen MR) is 89.5 cm³/mol. The van der Waals surface area contributed by atoms with Crippen molar-refractivity contribution in [3.8, 4) is 0 Å². The van der Waals surface area contributed by atoms with Crippen molar-refractivity contribution in [3.05, 3.63) is 35.4 Å². The molecule has 20 heavy (non-hydrogen) atoms. The maximum atomic E-state index is 3.68. The normalized spacial score (nSPS) is 13.2. The summed E-state index contributed by atoms with van der Waals surface area (Å²) < 4.78 is 0. The highest BCUT2D eigenvalue weighted by molar-refractivity contribution is 5.25. The first kappa shape index (κ1) is 17.2.